The van der Waals surface area contributed by atoms with E-state index in [4.69, 9.17) is 9.15 Å². The molecule has 0 atom stereocenters. The second-order valence-corrected chi connectivity index (χ2v) is 7.88. The minimum Gasteiger partial charge on any atom is -0.457 e. The van der Waals surface area contributed by atoms with Gasteiger partial charge >= 0.3 is 0 Å². The summed E-state index contributed by atoms with van der Waals surface area (Å²) < 4.78 is 11.6. The van der Waals surface area contributed by atoms with Gasteiger partial charge in [0.2, 0.25) is 5.91 Å². The van der Waals surface area contributed by atoms with Crippen LogP contribution in [0.25, 0.3) is 11.3 Å². The molecule has 4 rings (SSSR count). The Balaban J connectivity index is 1.28. The third-order valence-electron chi connectivity index (χ3n) is 5.10. The molecule has 32 heavy (non-hydrogen) atoms. The van der Waals surface area contributed by atoms with Crippen molar-refractivity contribution in [3.8, 4) is 22.8 Å². The monoisotopic (exact) mass is 426 g/mol. The molecule has 0 unspecified atom stereocenters. The molecule has 3 aromatic carbocycles. The van der Waals surface area contributed by atoms with E-state index in [-0.39, 0.29) is 12.3 Å². The van der Waals surface area contributed by atoms with Crippen LogP contribution in [0.15, 0.2) is 89.5 Å². The van der Waals surface area contributed by atoms with Crippen LogP contribution in [0, 0.1) is 0 Å². The van der Waals surface area contributed by atoms with Crippen molar-refractivity contribution in [1.82, 2.24) is 4.98 Å². The molecule has 1 N–H and O–H groups in total. The predicted molar refractivity (Wildman–Crippen MR) is 126 cm³/mol. The molecule has 1 heterocycles. The molecule has 0 aliphatic heterocycles. The first-order valence-corrected chi connectivity index (χ1v) is 10.7. The molecule has 0 radical (unpaired) electrons. The summed E-state index contributed by atoms with van der Waals surface area (Å²) in [4.78, 5) is 16.6. The zero-order chi connectivity index (χ0) is 22.3. The molecule has 5 heteroatoms. The highest BCUT2D eigenvalue weighted by atomic mass is 16.5. The molecule has 0 aliphatic carbocycles. The summed E-state index contributed by atoms with van der Waals surface area (Å²) in [6, 6.07) is 25.1. The van der Waals surface area contributed by atoms with E-state index >= 15 is 0 Å². The normalized spacial score (nSPS) is 10.8. The van der Waals surface area contributed by atoms with E-state index in [1.807, 2.05) is 66.7 Å². The van der Waals surface area contributed by atoms with E-state index in [0.717, 1.165) is 11.3 Å². The van der Waals surface area contributed by atoms with E-state index < -0.39 is 0 Å². The first kappa shape index (κ1) is 21.4. The minimum absolute atomic E-state index is 0.0947. The molecule has 0 aliphatic rings. The third-order valence-corrected chi connectivity index (χ3v) is 5.10. The number of hydrogen-bond donors (Lipinski definition) is 1. The summed E-state index contributed by atoms with van der Waals surface area (Å²) in [5.74, 6) is 3.14. The van der Waals surface area contributed by atoms with Crippen molar-refractivity contribution >= 4 is 11.6 Å². The fourth-order valence-electron chi connectivity index (χ4n) is 3.27. The summed E-state index contributed by atoms with van der Waals surface area (Å²) in [7, 11) is 0. The fraction of sp³-hybridized carbons (Fsp3) is 0.185. The lowest BCUT2D eigenvalue weighted by Gasteiger charge is -2.08. The van der Waals surface area contributed by atoms with Crippen molar-refractivity contribution in [2.75, 3.05) is 5.32 Å². The molecule has 4 aromatic rings. The third kappa shape index (κ3) is 5.64. The zero-order valence-corrected chi connectivity index (χ0v) is 18.2. The summed E-state index contributed by atoms with van der Waals surface area (Å²) in [6.45, 7) is 4.33. The Labute approximate surface area is 188 Å². The molecule has 0 saturated carbocycles. The highest BCUT2D eigenvalue weighted by Crippen LogP contribution is 2.25. The Morgan fingerprint density at radius 3 is 2.31 bits per heavy atom. The van der Waals surface area contributed by atoms with Crippen LogP contribution in [0.5, 0.6) is 11.5 Å². The Morgan fingerprint density at radius 1 is 0.938 bits per heavy atom. The lowest BCUT2D eigenvalue weighted by molar-refractivity contribution is -0.116. The second-order valence-electron chi connectivity index (χ2n) is 7.88. The van der Waals surface area contributed by atoms with Gasteiger partial charge in [-0.3, -0.25) is 4.79 Å². The van der Waals surface area contributed by atoms with Gasteiger partial charge in [-0.15, -0.1) is 0 Å². The molecule has 1 aromatic heterocycles. The first-order chi connectivity index (χ1) is 15.6. The van der Waals surface area contributed by atoms with Gasteiger partial charge in [-0.05, 0) is 47.9 Å². The quantitative estimate of drug-likeness (QED) is 0.335. The number of carbonyl (C=O) groups is 1. The van der Waals surface area contributed by atoms with Crippen molar-refractivity contribution in [3.05, 3.63) is 96.5 Å². The van der Waals surface area contributed by atoms with Gasteiger partial charge in [-0.2, -0.15) is 0 Å². The predicted octanol–water partition coefficient (Wildman–Crippen LogP) is 6.83. The standard InChI is InChI=1S/C27H26N2O3/c1-19(2)20-8-10-21(11-9-20)25-18-28-27(32-25)17-16-26(30)29-22-12-14-24(15-13-22)31-23-6-4-3-5-7-23/h3-15,18-19H,16-17H2,1-2H3,(H,29,30). The van der Waals surface area contributed by atoms with Gasteiger partial charge in [-0.25, -0.2) is 4.98 Å². The van der Waals surface area contributed by atoms with E-state index in [2.05, 4.69) is 36.3 Å². The molecule has 1 amide bonds. The maximum atomic E-state index is 12.3. The SMILES string of the molecule is CC(C)c1ccc(-c2cnc(CCC(=O)Nc3ccc(Oc4ccccc4)cc3)o2)cc1. The van der Waals surface area contributed by atoms with Crippen LogP contribution in [0.1, 0.15) is 37.6 Å². The van der Waals surface area contributed by atoms with E-state index in [1.165, 1.54) is 5.56 Å². The molecule has 162 valence electrons. The van der Waals surface area contributed by atoms with Gasteiger partial charge in [0.1, 0.15) is 11.5 Å². The fourth-order valence-corrected chi connectivity index (χ4v) is 3.27. The minimum atomic E-state index is -0.0947. The van der Waals surface area contributed by atoms with Gasteiger partial charge in [-0.1, -0.05) is 56.3 Å². The number of amides is 1. The Hall–Kier alpha value is -3.86. The van der Waals surface area contributed by atoms with Crippen LogP contribution in [0.4, 0.5) is 5.69 Å². The average molecular weight is 427 g/mol. The number of hydrogen-bond acceptors (Lipinski definition) is 4. The Kier molecular flexibility index (Phi) is 6.66. The van der Waals surface area contributed by atoms with Gasteiger partial charge < -0.3 is 14.5 Å². The number of oxazole rings is 1. The number of aryl methyl sites for hydroxylation is 1. The molecule has 0 fully saturated rings. The van der Waals surface area contributed by atoms with Gasteiger partial charge in [0.05, 0.1) is 6.20 Å². The number of carbonyl (C=O) groups excluding carboxylic acids is 1. The van der Waals surface area contributed by atoms with Crippen LogP contribution in [-0.2, 0) is 11.2 Å². The number of nitrogens with one attached hydrogen (secondary N) is 1. The lowest BCUT2D eigenvalue weighted by Crippen LogP contribution is -2.12. The summed E-state index contributed by atoms with van der Waals surface area (Å²) in [5, 5.41) is 2.89. The Morgan fingerprint density at radius 2 is 1.62 bits per heavy atom. The van der Waals surface area contributed by atoms with Gasteiger partial charge in [0.25, 0.3) is 0 Å². The Bertz CT molecular complexity index is 1150. The maximum absolute atomic E-state index is 12.3. The van der Waals surface area contributed by atoms with E-state index in [1.54, 1.807) is 6.20 Å². The van der Waals surface area contributed by atoms with E-state index in [0.29, 0.717) is 35.4 Å². The highest BCUT2D eigenvalue weighted by molar-refractivity contribution is 5.90. The maximum Gasteiger partial charge on any atom is 0.224 e. The number of benzene rings is 3. The molecular formula is C27H26N2O3. The zero-order valence-electron chi connectivity index (χ0n) is 18.2. The molecule has 0 spiro atoms. The summed E-state index contributed by atoms with van der Waals surface area (Å²) in [5.41, 5.74) is 2.98. The first-order valence-electron chi connectivity index (χ1n) is 10.7. The number of rotatable bonds is 8. The number of nitrogens with zero attached hydrogens (tertiary/aromatic N) is 1. The van der Waals surface area contributed by atoms with Gasteiger partial charge in [0, 0.05) is 24.1 Å². The van der Waals surface area contributed by atoms with Crippen molar-refractivity contribution in [3.63, 3.8) is 0 Å². The molecule has 5 nitrogen and oxygen atoms in total. The van der Waals surface area contributed by atoms with Crippen molar-refractivity contribution in [2.45, 2.75) is 32.6 Å². The van der Waals surface area contributed by atoms with Crippen LogP contribution in [0.2, 0.25) is 0 Å². The molecular weight excluding hydrogens is 400 g/mol. The highest BCUT2D eigenvalue weighted by Gasteiger charge is 2.10. The largest absolute Gasteiger partial charge is 0.457 e. The number of anilines is 1. The second kappa shape index (κ2) is 9.96. The molecule has 0 bridgehead atoms. The van der Waals surface area contributed by atoms with Crippen molar-refractivity contribution in [2.24, 2.45) is 0 Å². The summed E-state index contributed by atoms with van der Waals surface area (Å²) in [6.07, 6.45) is 2.43. The van der Waals surface area contributed by atoms with Gasteiger partial charge in [0.15, 0.2) is 11.7 Å². The van der Waals surface area contributed by atoms with Crippen molar-refractivity contribution < 1.29 is 13.9 Å². The van der Waals surface area contributed by atoms with E-state index in [9.17, 15) is 4.79 Å². The number of ether oxygens (including phenoxy) is 1. The van der Waals surface area contributed by atoms with Crippen LogP contribution in [-0.4, -0.2) is 10.9 Å². The number of para-hydroxylation sites is 1. The van der Waals surface area contributed by atoms with Crippen molar-refractivity contribution in [1.29, 1.82) is 0 Å². The van der Waals surface area contributed by atoms with Crippen LogP contribution >= 0.6 is 0 Å². The smallest absolute Gasteiger partial charge is 0.224 e. The van der Waals surface area contributed by atoms with Crippen LogP contribution in [0.3, 0.4) is 0 Å². The number of aromatic nitrogens is 1. The summed E-state index contributed by atoms with van der Waals surface area (Å²) >= 11 is 0. The lowest BCUT2D eigenvalue weighted by atomic mass is 10.0. The van der Waals surface area contributed by atoms with Crippen LogP contribution < -0.4 is 10.1 Å². The topological polar surface area (TPSA) is 64.4 Å². The average Bonchev–Trinajstić information content (AvgIpc) is 3.29. The molecule has 0 saturated heterocycles.